The topological polar surface area (TPSA) is 62.2 Å². The molecule has 2 aliphatic rings. The van der Waals surface area contributed by atoms with Crippen molar-refractivity contribution in [3.63, 3.8) is 0 Å². The van der Waals surface area contributed by atoms with Gasteiger partial charge in [-0.15, -0.1) is 0 Å². The van der Waals surface area contributed by atoms with Crippen molar-refractivity contribution < 1.29 is 24.1 Å². The zero-order valence-corrected chi connectivity index (χ0v) is 20.1. The van der Waals surface area contributed by atoms with Crippen LogP contribution in [0.1, 0.15) is 29.7 Å². The number of nitrogens with zero attached hydrogens (tertiary/aromatic N) is 1. The molecule has 35 heavy (non-hydrogen) atoms. The Hall–Kier alpha value is -3.22. The highest BCUT2D eigenvalue weighted by Crippen LogP contribution is 2.50. The van der Waals surface area contributed by atoms with Gasteiger partial charge in [0, 0.05) is 36.7 Å². The number of aromatic hydroxyl groups is 2. The number of hydrogen-bond acceptors (Lipinski definition) is 5. The van der Waals surface area contributed by atoms with E-state index in [4.69, 9.17) is 21.1 Å². The first-order valence-electron chi connectivity index (χ1n) is 11.6. The first-order valence-corrected chi connectivity index (χ1v) is 12.0. The number of alkyl halides is 1. The number of phenolic OH excluding ortho intramolecular Hbond substituents is 2. The van der Waals surface area contributed by atoms with Gasteiger partial charge in [0.2, 0.25) is 0 Å². The third-order valence-corrected chi connectivity index (χ3v) is 7.02. The Kier molecular flexibility index (Phi) is 6.58. The lowest BCUT2D eigenvalue weighted by Crippen LogP contribution is -2.49. The minimum absolute atomic E-state index is 0.0120. The van der Waals surface area contributed by atoms with Crippen LogP contribution in [0.25, 0.3) is 11.1 Å². The summed E-state index contributed by atoms with van der Waals surface area (Å²) in [5, 5.41) is 20.5. The molecule has 0 amide bonds. The van der Waals surface area contributed by atoms with Crippen LogP contribution in [-0.4, -0.2) is 48.0 Å². The first-order chi connectivity index (χ1) is 16.9. The Morgan fingerprint density at radius 2 is 1.86 bits per heavy atom. The summed E-state index contributed by atoms with van der Waals surface area (Å²) in [5.41, 5.74) is 4.08. The molecule has 1 saturated heterocycles. The van der Waals surface area contributed by atoms with Crippen LogP contribution >= 0.6 is 11.6 Å². The Morgan fingerprint density at radius 3 is 2.57 bits per heavy atom. The van der Waals surface area contributed by atoms with Gasteiger partial charge in [-0.1, -0.05) is 35.9 Å². The Balaban J connectivity index is 1.41. The SMILES string of the molecule is CC1=C(c2cccc(O)c2)C(c2ccc(OCCN3CC(CF)C3)cc2)Oc2ccc(O)c(Cl)c21. The normalized spacial score (nSPS) is 18.1. The molecule has 0 saturated carbocycles. The summed E-state index contributed by atoms with van der Waals surface area (Å²) in [6.07, 6.45) is -0.447. The van der Waals surface area contributed by atoms with E-state index < -0.39 is 6.10 Å². The smallest absolute Gasteiger partial charge is 0.150 e. The zero-order chi connectivity index (χ0) is 24.5. The second-order valence-corrected chi connectivity index (χ2v) is 9.43. The van der Waals surface area contributed by atoms with Crippen LogP contribution in [0.5, 0.6) is 23.0 Å². The zero-order valence-electron chi connectivity index (χ0n) is 19.4. The molecule has 3 aromatic rings. The maximum absolute atomic E-state index is 12.6. The number of halogens is 2. The molecular formula is C28H27ClFNO4. The monoisotopic (exact) mass is 495 g/mol. The van der Waals surface area contributed by atoms with E-state index in [1.54, 1.807) is 24.3 Å². The summed E-state index contributed by atoms with van der Waals surface area (Å²) >= 11 is 6.45. The van der Waals surface area contributed by atoms with Gasteiger partial charge in [-0.2, -0.15) is 0 Å². The van der Waals surface area contributed by atoms with Crippen LogP contribution in [0.2, 0.25) is 5.02 Å². The number of fused-ring (bicyclic) bond motifs is 1. The summed E-state index contributed by atoms with van der Waals surface area (Å²) < 4.78 is 24.9. The third kappa shape index (κ3) is 4.68. The summed E-state index contributed by atoms with van der Waals surface area (Å²) in [5.74, 6) is 1.65. The van der Waals surface area contributed by atoms with Gasteiger partial charge in [0.1, 0.15) is 35.7 Å². The molecule has 7 heteroatoms. The van der Waals surface area contributed by atoms with Gasteiger partial charge in [0.15, 0.2) is 0 Å². The van der Waals surface area contributed by atoms with Crippen molar-refractivity contribution >= 4 is 22.7 Å². The fraction of sp³-hybridized carbons (Fsp3) is 0.286. The fourth-order valence-electron chi connectivity index (χ4n) is 4.78. The summed E-state index contributed by atoms with van der Waals surface area (Å²) in [7, 11) is 0. The molecule has 182 valence electrons. The average Bonchev–Trinajstić information content (AvgIpc) is 2.83. The van der Waals surface area contributed by atoms with Crippen molar-refractivity contribution in [1.82, 2.24) is 4.90 Å². The summed E-state index contributed by atoms with van der Waals surface area (Å²) in [4.78, 5) is 2.18. The molecule has 0 spiro atoms. The second kappa shape index (κ2) is 9.80. The second-order valence-electron chi connectivity index (χ2n) is 9.06. The number of hydrogen-bond donors (Lipinski definition) is 2. The van der Waals surface area contributed by atoms with Crippen molar-refractivity contribution in [1.29, 1.82) is 0 Å². The van der Waals surface area contributed by atoms with Gasteiger partial charge in [-0.3, -0.25) is 9.29 Å². The predicted molar refractivity (Wildman–Crippen MR) is 135 cm³/mol. The molecule has 3 aromatic carbocycles. The van der Waals surface area contributed by atoms with Crippen LogP contribution in [0, 0.1) is 5.92 Å². The van der Waals surface area contributed by atoms with E-state index in [0.717, 1.165) is 47.7 Å². The number of allylic oxidation sites excluding steroid dienone is 1. The lowest BCUT2D eigenvalue weighted by atomic mass is 9.86. The maximum Gasteiger partial charge on any atom is 0.150 e. The Morgan fingerprint density at radius 1 is 1.09 bits per heavy atom. The van der Waals surface area contributed by atoms with E-state index >= 15 is 0 Å². The van der Waals surface area contributed by atoms with Crippen LogP contribution in [0.4, 0.5) is 4.39 Å². The summed E-state index contributed by atoms with van der Waals surface area (Å²) in [6.45, 7) is 4.60. The molecule has 0 aliphatic carbocycles. The molecule has 1 atom stereocenters. The number of ether oxygens (including phenoxy) is 2. The van der Waals surface area contributed by atoms with E-state index in [1.807, 2.05) is 37.3 Å². The highest BCUT2D eigenvalue weighted by molar-refractivity contribution is 6.34. The maximum atomic E-state index is 12.6. The highest BCUT2D eigenvalue weighted by atomic mass is 35.5. The van der Waals surface area contributed by atoms with Crippen LogP contribution in [-0.2, 0) is 0 Å². The lowest BCUT2D eigenvalue weighted by molar-refractivity contribution is 0.0668. The van der Waals surface area contributed by atoms with Crippen molar-refractivity contribution in [3.05, 3.63) is 82.4 Å². The molecule has 2 N–H and O–H groups in total. The molecule has 1 unspecified atom stereocenters. The molecule has 0 aromatic heterocycles. The van der Waals surface area contributed by atoms with E-state index in [0.29, 0.717) is 17.9 Å². The number of benzene rings is 3. The van der Waals surface area contributed by atoms with Crippen LogP contribution in [0.15, 0.2) is 60.7 Å². The first kappa shape index (κ1) is 23.5. The molecule has 0 radical (unpaired) electrons. The Labute approximate surface area is 209 Å². The summed E-state index contributed by atoms with van der Waals surface area (Å²) in [6, 6.07) is 18.0. The predicted octanol–water partition coefficient (Wildman–Crippen LogP) is 6.10. The van der Waals surface area contributed by atoms with Gasteiger partial charge in [-0.25, -0.2) is 0 Å². The minimum atomic E-state index is -0.447. The molecule has 1 fully saturated rings. The molecule has 2 aliphatic heterocycles. The van der Waals surface area contributed by atoms with Crippen LogP contribution < -0.4 is 9.47 Å². The minimum Gasteiger partial charge on any atom is -0.508 e. The molecule has 0 bridgehead atoms. The van der Waals surface area contributed by atoms with E-state index in [1.165, 1.54) is 6.07 Å². The van der Waals surface area contributed by atoms with Gasteiger partial charge in [-0.05, 0) is 60.0 Å². The standard InChI is InChI=1S/C28H27ClFNO4/c1-17-25(20-3-2-4-21(32)13-20)28(35-24-10-9-23(33)27(29)26(17)24)19-5-7-22(8-6-19)34-12-11-31-15-18(14-30)16-31/h2-10,13,18,28,32-33H,11-12,14-16H2,1H3. The van der Waals surface area contributed by atoms with Gasteiger partial charge < -0.3 is 19.7 Å². The molecule has 2 heterocycles. The van der Waals surface area contributed by atoms with E-state index in [9.17, 15) is 14.6 Å². The van der Waals surface area contributed by atoms with Crippen molar-refractivity contribution in [3.8, 4) is 23.0 Å². The molecule has 5 nitrogen and oxygen atoms in total. The molecular weight excluding hydrogens is 469 g/mol. The highest BCUT2D eigenvalue weighted by Gasteiger charge is 2.31. The lowest BCUT2D eigenvalue weighted by Gasteiger charge is -2.37. The van der Waals surface area contributed by atoms with Gasteiger partial charge in [0.25, 0.3) is 0 Å². The third-order valence-electron chi connectivity index (χ3n) is 6.64. The molecule has 5 rings (SSSR count). The quantitative estimate of drug-likeness (QED) is 0.415. The number of likely N-dealkylation sites (tertiary alicyclic amines) is 1. The van der Waals surface area contributed by atoms with Crippen molar-refractivity contribution in [2.75, 3.05) is 32.9 Å². The fourth-order valence-corrected chi connectivity index (χ4v) is 5.07. The number of rotatable bonds is 7. The largest absolute Gasteiger partial charge is 0.508 e. The van der Waals surface area contributed by atoms with Crippen LogP contribution in [0.3, 0.4) is 0 Å². The van der Waals surface area contributed by atoms with E-state index in [-0.39, 0.29) is 29.1 Å². The van der Waals surface area contributed by atoms with Gasteiger partial charge >= 0.3 is 0 Å². The average molecular weight is 496 g/mol. The number of phenols is 2. The Bertz CT molecular complexity index is 1250. The van der Waals surface area contributed by atoms with E-state index in [2.05, 4.69) is 4.90 Å². The van der Waals surface area contributed by atoms with Crippen molar-refractivity contribution in [2.45, 2.75) is 13.0 Å². The van der Waals surface area contributed by atoms with Crippen molar-refractivity contribution in [2.24, 2.45) is 5.92 Å². The van der Waals surface area contributed by atoms with Gasteiger partial charge in [0.05, 0.1) is 11.7 Å².